The lowest BCUT2D eigenvalue weighted by atomic mass is 9.99. The molecule has 1 atom stereocenters. The van der Waals surface area contributed by atoms with Crippen molar-refractivity contribution in [2.24, 2.45) is 5.16 Å². The first-order valence-corrected chi connectivity index (χ1v) is 9.80. The van der Waals surface area contributed by atoms with Crippen LogP contribution in [0.2, 0.25) is 5.02 Å². The Morgan fingerprint density at radius 3 is 2.46 bits per heavy atom. The van der Waals surface area contributed by atoms with Crippen molar-refractivity contribution in [3.05, 3.63) is 65.2 Å². The van der Waals surface area contributed by atoms with Crippen molar-refractivity contribution in [1.82, 2.24) is 5.32 Å². The number of halogens is 1. The molecule has 2 amide bonds. The molecular weight excluding hydrogens is 378 g/mol. The highest BCUT2D eigenvalue weighted by molar-refractivity contribution is 6.30. The number of ether oxygens (including phenoxy) is 1. The Bertz CT molecular complexity index is 827. The summed E-state index contributed by atoms with van der Waals surface area (Å²) in [6.07, 6.45) is 4.09. The van der Waals surface area contributed by atoms with Gasteiger partial charge in [-0.1, -0.05) is 73.3 Å². The van der Waals surface area contributed by atoms with E-state index in [0.29, 0.717) is 22.9 Å². The molecule has 1 unspecified atom stereocenters. The number of benzene rings is 2. The Morgan fingerprint density at radius 2 is 1.82 bits per heavy atom. The smallest absolute Gasteiger partial charge is 0.330 e. The first kappa shape index (κ1) is 20.2. The minimum absolute atomic E-state index is 0.0362. The van der Waals surface area contributed by atoms with Crippen molar-refractivity contribution < 1.29 is 14.7 Å². The molecule has 6 nitrogen and oxygen atoms in total. The monoisotopic (exact) mass is 401 g/mol. The van der Waals surface area contributed by atoms with Gasteiger partial charge in [-0.2, -0.15) is 0 Å². The molecule has 0 aromatic heterocycles. The molecule has 28 heavy (non-hydrogen) atoms. The third-order valence-corrected chi connectivity index (χ3v) is 4.98. The lowest BCUT2D eigenvalue weighted by Gasteiger charge is -2.36. The molecule has 2 aromatic rings. The third-order valence-electron chi connectivity index (χ3n) is 4.72. The summed E-state index contributed by atoms with van der Waals surface area (Å²) >= 11 is 6.02. The van der Waals surface area contributed by atoms with Crippen LogP contribution in [0.5, 0.6) is 0 Å². The van der Waals surface area contributed by atoms with E-state index in [4.69, 9.17) is 16.3 Å². The largest absolute Gasteiger partial charge is 0.409 e. The maximum Gasteiger partial charge on any atom is 0.330 e. The summed E-state index contributed by atoms with van der Waals surface area (Å²) in [6.45, 7) is 2.55. The van der Waals surface area contributed by atoms with Gasteiger partial charge >= 0.3 is 6.03 Å². The maximum atomic E-state index is 12.9. The summed E-state index contributed by atoms with van der Waals surface area (Å²) in [5.41, 5.74) is -0.114. The van der Waals surface area contributed by atoms with Gasteiger partial charge in [0.2, 0.25) is 11.6 Å². The molecule has 7 heteroatoms. The number of nitrogens with zero attached hydrogens (tertiary/aromatic N) is 2. The molecule has 1 saturated heterocycles. The number of amidine groups is 1. The van der Waals surface area contributed by atoms with Crippen LogP contribution in [0, 0.1) is 0 Å². The average Bonchev–Trinajstić information content (AvgIpc) is 3.01. The lowest BCUT2D eigenvalue weighted by molar-refractivity contribution is 0.00746. The average molecular weight is 402 g/mol. The number of amides is 2. The van der Waals surface area contributed by atoms with Gasteiger partial charge in [0.1, 0.15) is 0 Å². The van der Waals surface area contributed by atoms with E-state index in [1.54, 1.807) is 24.3 Å². The van der Waals surface area contributed by atoms with E-state index in [2.05, 4.69) is 17.4 Å². The molecule has 1 aliphatic rings. The van der Waals surface area contributed by atoms with E-state index in [0.717, 1.165) is 25.7 Å². The van der Waals surface area contributed by atoms with E-state index in [1.807, 2.05) is 30.3 Å². The molecule has 1 aliphatic heterocycles. The molecule has 0 aliphatic carbocycles. The molecule has 0 saturated carbocycles. The van der Waals surface area contributed by atoms with E-state index < -0.39 is 11.8 Å². The Balaban J connectivity index is 2.06. The molecule has 1 heterocycles. The zero-order valence-electron chi connectivity index (χ0n) is 15.8. The third kappa shape index (κ3) is 3.84. The van der Waals surface area contributed by atoms with E-state index in [-0.39, 0.29) is 5.84 Å². The number of nitrogens with one attached hydrogen (secondary N) is 1. The van der Waals surface area contributed by atoms with E-state index in [9.17, 15) is 10.0 Å². The Morgan fingerprint density at radius 1 is 1.11 bits per heavy atom. The Labute approximate surface area is 169 Å². The van der Waals surface area contributed by atoms with Crippen molar-refractivity contribution in [3.8, 4) is 0 Å². The highest BCUT2D eigenvalue weighted by Crippen LogP contribution is 2.39. The number of hydrogen-bond acceptors (Lipinski definition) is 4. The van der Waals surface area contributed by atoms with Gasteiger partial charge in [0, 0.05) is 16.3 Å². The minimum Gasteiger partial charge on any atom is -0.409 e. The van der Waals surface area contributed by atoms with E-state index >= 15 is 0 Å². The van der Waals surface area contributed by atoms with Crippen LogP contribution >= 0.6 is 11.6 Å². The van der Waals surface area contributed by atoms with Crippen molar-refractivity contribution in [1.29, 1.82) is 0 Å². The van der Waals surface area contributed by atoms with Gasteiger partial charge in [-0.15, -0.1) is 0 Å². The molecule has 0 bridgehead atoms. The van der Waals surface area contributed by atoms with Gasteiger partial charge in [-0.05, 0) is 30.7 Å². The highest BCUT2D eigenvalue weighted by atomic mass is 35.5. The van der Waals surface area contributed by atoms with Crippen LogP contribution in [0.3, 0.4) is 0 Å². The number of urea groups is 1. The standard InChI is InChI=1S/C21H24ClN3O3/c1-2-3-4-8-15-28-21(16-9-6-5-7-10-16)19(24-27)23-20(26)25(21)18-13-11-17(22)12-14-18/h5-7,9-14,27H,2-4,8,15H2,1H3,(H,23,24,26). The summed E-state index contributed by atoms with van der Waals surface area (Å²) in [6, 6.07) is 15.7. The normalized spacial score (nSPS) is 20.6. The zero-order chi connectivity index (χ0) is 20.0. The maximum absolute atomic E-state index is 12.9. The fraction of sp³-hybridized carbons (Fsp3) is 0.333. The van der Waals surface area contributed by atoms with Gasteiger partial charge in [-0.25, -0.2) is 4.79 Å². The number of carbonyl (C=O) groups excluding carboxylic acids is 1. The first-order valence-electron chi connectivity index (χ1n) is 9.42. The van der Waals surface area contributed by atoms with Crippen LogP contribution in [-0.4, -0.2) is 23.7 Å². The van der Waals surface area contributed by atoms with Gasteiger partial charge < -0.3 is 9.94 Å². The van der Waals surface area contributed by atoms with Crippen molar-refractivity contribution >= 4 is 29.2 Å². The van der Waals surface area contributed by atoms with Crippen LogP contribution in [0.15, 0.2) is 59.8 Å². The minimum atomic E-state index is -1.38. The first-order chi connectivity index (χ1) is 13.6. The summed E-state index contributed by atoms with van der Waals surface area (Å²) in [4.78, 5) is 14.3. The SMILES string of the molecule is CCCCCCOC1(c2ccccc2)C(=NO)NC(=O)N1c1ccc(Cl)cc1. The Kier molecular flexibility index (Phi) is 6.54. The molecule has 148 valence electrons. The van der Waals surface area contributed by atoms with Crippen molar-refractivity contribution in [2.45, 2.75) is 38.3 Å². The van der Waals surface area contributed by atoms with Crippen molar-refractivity contribution in [3.63, 3.8) is 0 Å². The molecule has 1 fully saturated rings. The van der Waals surface area contributed by atoms with Crippen molar-refractivity contribution in [2.75, 3.05) is 11.5 Å². The second-order valence-electron chi connectivity index (χ2n) is 6.61. The fourth-order valence-electron chi connectivity index (χ4n) is 3.37. The quantitative estimate of drug-likeness (QED) is 0.367. The van der Waals surface area contributed by atoms with Crippen LogP contribution in [0.4, 0.5) is 10.5 Å². The van der Waals surface area contributed by atoms with Crippen LogP contribution in [0.1, 0.15) is 38.2 Å². The fourth-order valence-corrected chi connectivity index (χ4v) is 3.49. The topological polar surface area (TPSA) is 74.2 Å². The summed E-state index contributed by atoms with van der Waals surface area (Å²) in [7, 11) is 0. The second-order valence-corrected chi connectivity index (χ2v) is 7.05. The predicted octanol–water partition coefficient (Wildman–Crippen LogP) is 5.11. The number of hydrogen-bond donors (Lipinski definition) is 2. The molecule has 3 rings (SSSR count). The molecule has 0 spiro atoms. The summed E-state index contributed by atoms with van der Waals surface area (Å²) < 4.78 is 6.31. The number of oxime groups is 1. The van der Waals surface area contributed by atoms with Gasteiger partial charge in [0.15, 0.2) is 0 Å². The van der Waals surface area contributed by atoms with Gasteiger partial charge in [0.25, 0.3) is 0 Å². The summed E-state index contributed by atoms with van der Waals surface area (Å²) in [5, 5.41) is 16.2. The zero-order valence-corrected chi connectivity index (χ0v) is 16.5. The number of carbonyl (C=O) groups is 1. The molecular formula is C21H24ClN3O3. The lowest BCUT2D eigenvalue weighted by Crippen LogP contribution is -2.50. The molecule has 2 aromatic carbocycles. The number of anilines is 1. The van der Waals surface area contributed by atoms with Crippen LogP contribution < -0.4 is 10.2 Å². The van der Waals surface area contributed by atoms with E-state index in [1.165, 1.54) is 4.90 Å². The van der Waals surface area contributed by atoms with Crippen LogP contribution in [0.25, 0.3) is 0 Å². The Hall–Kier alpha value is -2.57. The second kappa shape index (κ2) is 9.08. The number of rotatable bonds is 8. The van der Waals surface area contributed by atoms with Gasteiger partial charge in [-0.3, -0.25) is 10.2 Å². The number of unbranched alkanes of at least 4 members (excludes halogenated alkanes) is 3. The van der Waals surface area contributed by atoms with Crippen LogP contribution in [-0.2, 0) is 10.5 Å². The van der Waals surface area contributed by atoms with Gasteiger partial charge in [0.05, 0.1) is 6.61 Å². The molecule has 0 radical (unpaired) electrons. The predicted molar refractivity (Wildman–Crippen MR) is 110 cm³/mol. The molecule has 2 N–H and O–H groups in total. The summed E-state index contributed by atoms with van der Waals surface area (Å²) in [5.74, 6) is 0.0362. The highest BCUT2D eigenvalue weighted by Gasteiger charge is 2.55.